The van der Waals surface area contributed by atoms with Gasteiger partial charge in [0.1, 0.15) is 11.5 Å². The highest BCUT2D eigenvalue weighted by molar-refractivity contribution is 5.96. The molecule has 4 rings (SSSR count). The fourth-order valence-electron chi connectivity index (χ4n) is 3.29. The van der Waals surface area contributed by atoms with E-state index in [0.717, 1.165) is 11.1 Å². The van der Waals surface area contributed by atoms with Gasteiger partial charge in [0, 0.05) is 5.56 Å². The Morgan fingerprint density at radius 2 is 1.81 bits per heavy atom. The SMILES string of the molecule is CCOc1ccccc1NC(=O)[C@@H](c1ccccc1)n1nnc(-c2cccc(OC)c2)n1. The van der Waals surface area contributed by atoms with Crippen LogP contribution in [-0.2, 0) is 4.79 Å². The van der Waals surface area contributed by atoms with Gasteiger partial charge in [0.2, 0.25) is 5.82 Å². The van der Waals surface area contributed by atoms with E-state index in [2.05, 4.69) is 20.7 Å². The van der Waals surface area contributed by atoms with E-state index in [1.54, 1.807) is 13.2 Å². The van der Waals surface area contributed by atoms with Gasteiger partial charge in [-0.25, -0.2) is 0 Å². The van der Waals surface area contributed by atoms with E-state index in [4.69, 9.17) is 9.47 Å². The van der Waals surface area contributed by atoms with Crippen LogP contribution in [0.25, 0.3) is 11.4 Å². The van der Waals surface area contributed by atoms with Crippen LogP contribution >= 0.6 is 0 Å². The fraction of sp³-hybridized carbons (Fsp3) is 0.167. The molecule has 0 aliphatic carbocycles. The molecule has 4 aromatic rings. The summed E-state index contributed by atoms with van der Waals surface area (Å²) in [6.45, 7) is 2.38. The van der Waals surface area contributed by atoms with Gasteiger partial charge < -0.3 is 14.8 Å². The Bertz CT molecular complexity index is 1190. The zero-order valence-electron chi connectivity index (χ0n) is 17.8. The first-order valence-corrected chi connectivity index (χ1v) is 10.2. The zero-order valence-corrected chi connectivity index (χ0v) is 17.8. The second-order valence-electron chi connectivity index (χ2n) is 6.90. The Morgan fingerprint density at radius 3 is 2.59 bits per heavy atom. The predicted octanol–water partition coefficient (Wildman–Crippen LogP) is 3.98. The van der Waals surface area contributed by atoms with Crippen molar-refractivity contribution in [2.45, 2.75) is 13.0 Å². The second kappa shape index (κ2) is 9.74. The number of para-hydroxylation sites is 2. The van der Waals surface area contributed by atoms with Crippen molar-refractivity contribution < 1.29 is 14.3 Å². The first-order valence-electron chi connectivity index (χ1n) is 10.2. The first kappa shape index (κ1) is 21.0. The number of tetrazole rings is 1. The topological polar surface area (TPSA) is 91.2 Å². The number of nitrogens with zero attached hydrogens (tertiary/aromatic N) is 4. The van der Waals surface area contributed by atoms with Gasteiger partial charge in [0.15, 0.2) is 6.04 Å². The quantitative estimate of drug-likeness (QED) is 0.456. The summed E-state index contributed by atoms with van der Waals surface area (Å²) < 4.78 is 10.9. The Balaban J connectivity index is 1.68. The molecule has 0 fully saturated rings. The molecule has 1 aromatic heterocycles. The van der Waals surface area contributed by atoms with E-state index in [0.29, 0.717) is 29.6 Å². The van der Waals surface area contributed by atoms with Crippen LogP contribution < -0.4 is 14.8 Å². The van der Waals surface area contributed by atoms with E-state index < -0.39 is 6.04 Å². The molecule has 32 heavy (non-hydrogen) atoms. The van der Waals surface area contributed by atoms with Crippen molar-refractivity contribution >= 4 is 11.6 Å². The molecule has 3 aromatic carbocycles. The molecule has 0 aliphatic rings. The first-order chi connectivity index (χ1) is 15.7. The third-order valence-electron chi connectivity index (χ3n) is 4.80. The van der Waals surface area contributed by atoms with Crippen molar-refractivity contribution in [1.29, 1.82) is 0 Å². The summed E-state index contributed by atoms with van der Waals surface area (Å²) in [5.74, 6) is 1.37. The Hall–Kier alpha value is -4.20. The normalized spacial score (nSPS) is 11.6. The van der Waals surface area contributed by atoms with Crippen LogP contribution in [0.1, 0.15) is 18.5 Å². The van der Waals surface area contributed by atoms with Crippen LogP contribution in [0.3, 0.4) is 0 Å². The smallest absolute Gasteiger partial charge is 0.255 e. The monoisotopic (exact) mass is 429 g/mol. The maximum atomic E-state index is 13.4. The molecule has 1 atom stereocenters. The lowest BCUT2D eigenvalue weighted by atomic mass is 10.1. The van der Waals surface area contributed by atoms with Gasteiger partial charge in [-0.15, -0.1) is 15.0 Å². The van der Waals surface area contributed by atoms with Gasteiger partial charge in [-0.2, -0.15) is 0 Å². The number of hydrogen-bond donors (Lipinski definition) is 1. The molecule has 0 unspecified atom stereocenters. The minimum Gasteiger partial charge on any atom is -0.497 e. The minimum absolute atomic E-state index is 0.307. The summed E-state index contributed by atoms with van der Waals surface area (Å²) in [5.41, 5.74) is 2.05. The fourth-order valence-corrected chi connectivity index (χ4v) is 3.29. The van der Waals surface area contributed by atoms with Crippen LogP contribution in [0.15, 0.2) is 78.9 Å². The highest BCUT2D eigenvalue weighted by atomic mass is 16.5. The number of methoxy groups -OCH3 is 1. The zero-order chi connectivity index (χ0) is 22.3. The van der Waals surface area contributed by atoms with Gasteiger partial charge in [-0.1, -0.05) is 54.6 Å². The van der Waals surface area contributed by atoms with E-state index in [-0.39, 0.29) is 5.91 Å². The highest BCUT2D eigenvalue weighted by Gasteiger charge is 2.26. The molecule has 0 radical (unpaired) electrons. The van der Waals surface area contributed by atoms with E-state index >= 15 is 0 Å². The molecule has 0 aliphatic heterocycles. The molecule has 162 valence electrons. The maximum Gasteiger partial charge on any atom is 0.255 e. The van der Waals surface area contributed by atoms with Gasteiger partial charge in [0.05, 0.1) is 19.4 Å². The number of carbonyl (C=O) groups is 1. The Morgan fingerprint density at radius 1 is 1.03 bits per heavy atom. The molecule has 0 saturated carbocycles. The number of aromatic nitrogens is 4. The summed E-state index contributed by atoms with van der Waals surface area (Å²) in [5, 5.41) is 15.8. The number of carbonyl (C=O) groups excluding carboxylic acids is 1. The van der Waals surface area contributed by atoms with Crippen molar-refractivity contribution in [3.8, 4) is 22.9 Å². The molecule has 1 amide bonds. The molecule has 0 spiro atoms. The van der Waals surface area contributed by atoms with Crippen LogP contribution in [0.4, 0.5) is 5.69 Å². The Kier molecular flexibility index (Phi) is 6.41. The van der Waals surface area contributed by atoms with Gasteiger partial charge in [-0.05, 0) is 42.0 Å². The molecule has 0 bridgehead atoms. The van der Waals surface area contributed by atoms with Crippen molar-refractivity contribution in [1.82, 2.24) is 20.2 Å². The molecule has 8 nitrogen and oxygen atoms in total. The van der Waals surface area contributed by atoms with Crippen LogP contribution in [0.2, 0.25) is 0 Å². The van der Waals surface area contributed by atoms with Crippen molar-refractivity contribution in [2.75, 3.05) is 19.0 Å². The third-order valence-corrected chi connectivity index (χ3v) is 4.80. The predicted molar refractivity (Wildman–Crippen MR) is 121 cm³/mol. The van der Waals surface area contributed by atoms with Gasteiger partial charge >= 0.3 is 0 Å². The molecule has 1 heterocycles. The van der Waals surface area contributed by atoms with Crippen molar-refractivity contribution in [3.05, 3.63) is 84.4 Å². The lowest BCUT2D eigenvalue weighted by Gasteiger charge is -2.17. The molecule has 0 saturated heterocycles. The lowest BCUT2D eigenvalue weighted by Crippen LogP contribution is -2.29. The van der Waals surface area contributed by atoms with Crippen LogP contribution in [0, 0.1) is 0 Å². The third kappa shape index (κ3) is 4.59. The molecule has 8 heteroatoms. The summed E-state index contributed by atoms with van der Waals surface area (Å²) in [6.07, 6.45) is 0. The standard InChI is InChI=1S/C24H23N5O3/c1-3-32-21-15-8-7-14-20(21)25-24(30)22(17-10-5-4-6-11-17)29-27-23(26-28-29)18-12-9-13-19(16-18)31-2/h4-16,22H,3H2,1-2H3,(H,25,30)/t22-/m1/s1. The highest BCUT2D eigenvalue weighted by Crippen LogP contribution is 2.27. The summed E-state index contributed by atoms with van der Waals surface area (Å²) in [4.78, 5) is 14.7. The molecular formula is C24H23N5O3. The van der Waals surface area contributed by atoms with E-state index in [1.807, 2.05) is 79.7 Å². The lowest BCUT2D eigenvalue weighted by molar-refractivity contribution is -0.118. The second-order valence-corrected chi connectivity index (χ2v) is 6.90. The minimum atomic E-state index is -0.822. The number of benzene rings is 3. The number of rotatable bonds is 8. The number of nitrogens with one attached hydrogen (secondary N) is 1. The van der Waals surface area contributed by atoms with Gasteiger partial charge in [-0.3, -0.25) is 4.79 Å². The molecule has 1 N–H and O–H groups in total. The summed E-state index contributed by atoms with van der Waals surface area (Å²) in [6, 6.07) is 23.2. The molecular weight excluding hydrogens is 406 g/mol. The van der Waals surface area contributed by atoms with Gasteiger partial charge in [0.25, 0.3) is 5.91 Å². The van der Waals surface area contributed by atoms with Crippen LogP contribution in [-0.4, -0.2) is 39.8 Å². The Labute approximate surface area is 185 Å². The van der Waals surface area contributed by atoms with E-state index in [9.17, 15) is 4.79 Å². The largest absolute Gasteiger partial charge is 0.497 e. The maximum absolute atomic E-state index is 13.4. The van der Waals surface area contributed by atoms with E-state index in [1.165, 1.54) is 4.80 Å². The number of amides is 1. The number of anilines is 1. The summed E-state index contributed by atoms with van der Waals surface area (Å²) in [7, 11) is 1.60. The number of hydrogen-bond acceptors (Lipinski definition) is 6. The van der Waals surface area contributed by atoms with Crippen LogP contribution in [0.5, 0.6) is 11.5 Å². The number of ether oxygens (including phenoxy) is 2. The average molecular weight is 429 g/mol. The van der Waals surface area contributed by atoms with Crippen molar-refractivity contribution in [3.63, 3.8) is 0 Å². The van der Waals surface area contributed by atoms with Crippen molar-refractivity contribution in [2.24, 2.45) is 0 Å². The summed E-state index contributed by atoms with van der Waals surface area (Å²) >= 11 is 0. The average Bonchev–Trinajstić information content (AvgIpc) is 3.31.